The van der Waals surface area contributed by atoms with Gasteiger partial charge >= 0.3 is 0 Å². The molecule has 164 valence electrons. The Bertz CT molecular complexity index is 1120. The van der Waals surface area contributed by atoms with Gasteiger partial charge in [0.1, 0.15) is 11.6 Å². The lowest BCUT2D eigenvalue weighted by molar-refractivity contribution is -0.119. The first-order valence-corrected chi connectivity index (χ1v) is 13.6. The number of carbonyl (C=O) groups excluding carboxylic acids is 1. The molecular weight excluding hydrogens is 402 g/mol. The summed E-state index contributed by atoms with van der Waals surface area (Å²) in [4.78, 5) is 21.0. The molecule has 1 N–H and O–H groups in total. The number of carbonyl (C=O) groups is 1. The molecule has 0 unspecified atom stereocenters. The Morgan fingerprint density at radius 3 is 2.45 bits per heavy atom. The second-order valence-corrected chi connectivity index (χ2v) is 14.4. The molecule has 5 nitrogen and oxygen atoms in total. The molecule has 3 aromatic rings. The molecule has 1 atom stereocenters. The van der Waals surface area contributed by atoms with Crippen molar-refractivity contribution in [2.24, 2.45) is 0 Å². The maximum atomic E-state index is 11.8. The molecular formula is C25H33N3O2Si. The molecule has 0 fully saturated rings. The average Bonchev–Trinajstić information content (AvgIpc) is 2.66. The summed E-state index contributed by atoms with van der Waals surface area (Å²) in [7, 11) is -2.09. The SMILES string of the molecule is CC(=O)N[C@@H](C)c1nc(C)ncc1-c1c(O[Si](C)(C)C(C)(C)C)ccc2ccccc12. The van der Waals surface area contributed by atoms with Crippen molar-refractivity contribution in [3.63, 3.8) is 0 Å². The topological polar surface area (TPSA) is 64.1 Å². The summed E-state index contributed by atoms with van der Waals surface area (Å²) >= 11 is 0. The van der Waals surface area contributed by atoms with E-state index in [0.29, 0.717) is 5.82 Å². The van der Waals surface area contributed by atoms with Gasteiger partial charge in [-0.05, 0) is 48.8 Å². The first-order chi connectivity index (χ1) is 14.4. The Labute approximate surface area is 186 Å². The van der Waals surface area contributed by atoms with E-state index in [2.05, 4.69) is 68.4 Å². The van der Waals surface area contributed by atoms with Gasteiger partial charge in [0.05, 0.1) is 11.7 Å². The molecule has 6 heteroatoms. The van der Waals surface area contributed by atoms with Gasteiger partial charge in [0.2, 0.25) is 5.91 Å². The Morgan fingerprint density at radius 1 is 1.13 bits per heavy atom. The molecule has 0 radical (unpaired) electrons. The predicted molar refractivity (Wildman–Crippen MR) is 130 cm³/mol. The van der Waals surface area contributed by atoms with E-state index in [-0.39, 0.29) is 17.0 Å². The molecule has 0 bridgehead atoms. The van der Waals surface area contributed by atoms with Crippen molar-refractivity contribution >= 4 is 25.0 Å². The third kappa shape index (κ3) is 4.79. The van der Waals surface area contributed by atoms with Crippen LogP contribution in [0.1, 0.15) is 52.2 Å². The molecule has 0 aliphatic carbocycles. The Morgan fingerprint density at radius 2 is 1.81 bits per heavy atom. The molecule has 1 aromatic heterocycles. The number of fused-ring (bicyclic) bond motifs is 1. The van der Waals surface area contributed by atoms with E-state index in [1.165, 1.54) is 6.92 Å². The average molecular weight is 436 g/mol. The Hall–Kier alpha value is -2.73. The summed E-state index contributed by atoms with van der Waals surface area (Å²) in [6.45, 7) is 16.5. The normalized spacial score (nSPS) is 13.2. The number of aromatic nitrogens is 2. The van der Waals surface area contributed by atoms with Gasteiger partial charge in [-0.25, -0.2) is 9.97 Å². The number of amides is 1. The molecule has 1 heterocycles. The monoisotopic (exact) mass is 435 g/mol. The molecule has 0 aliphatic heterocycles. The van der Waals surface area contributed by atoms with Gasteiger partial charge in [-0.2, -0.15) is 0 Å². The number of hydrogen-bond acceptors (Lipinski definition) is 4. The summed E-state index contributed by atoms with van der Waals surface area (Å²) < 4.78 is 6.80. The molecule has 0 saturated carbocycles. The van der Waals surface area contributed by atoms with Crippen LogP contribution in [0.2, 0.25) is 18.1 Å². The van der Waals surface area contributed by atoms with E-state index in [0.717, 1.165) is 33.3 Å². The minimum atomic E-state index is -2.09. The van der Waals surface area contributed by atoms with E-state index in [1.807, 2.05) is 32.2 Å². The van der Waals surface area contributed by atoms with Crippen LogP contribution in [0.4, 0.5) is 0 Å². The summed E-state index contributed by atoms with van der Waals surface area (Å²) in [6.07, 6.45) is 1.86. The summed E-state index contributed by atoms with van der Waals surface area (Å²) in [5.74, 6) is 1.42. The Balaban J connectivity index is 2.30. The second-order valence-electron chi connectivity index (χ2n) is 9.66. The van der Waals surface area contributed by atoms with Crippen LogP contribution < -0.4 is 9.74 Å². The Kier molecular flexibility index (Phi) is 6.23. The molecule has 0 saturated heterocycles. The third-order valence-corrected chi connectivity index (χ3v) is 10.4. The molecule has 0 spiro atoms. The molecule has 3 rings (SSSR count). The predicted octanol–water partition coefficient (Wildman–Crippen LogP) is 6.19. The van der Waals surface area contributed by atoms with E-state index < -0.39 is 8.32 Å². The third-order valence-electron chi connectivity index (χ3n) is 6.10. The highest BCUT2D eigenvalue weighted by Gasteiger charge is 2.39. The maximum Gasteiger partial charge on any atom is 0.250 e. The van der Waals surface area contributed by atoms with Gasteiger partial charge in [-0.1, -0.05) is 51.1 Å². The van der Waals surface area contributed by atoms with E-state index in [4.69, 9.17) is 9.41 Å². The van der Waals surface area contributed by atoms with Gasteiger partial charge < -0.3 is 9.74 Å². The number of aryl methyl sites for hydroxylation is 1. The zero-order valence-corrected chi connectivity index (χ0v) is 20.8. The van der Waals surface area contributed by atoms with Crippen molar-refractivity contribution in [3.05, 3.63) is 54.1 Å². The fourth-order valence-electron chi connectivity index (χ4n) is 3.43. The standard InChI is InChI=1S/C25H33N3O2Si/c1-16(27-18(3)29)24-21(15-26-17(2)28-24)23-20-12-10-9-11-19(20)13-14-22(23)30-31(7,8)25(4,5)6/h9-16H,1-8H3,(H,27,29)/t16-/m0/s1. The molecule has 2 aromatic carbocycles. The van der Waals surface area contributed by atoms with E-state index >= 15 is 0 Å². The lowest BCUT2D eigenvalue weighted by atomic mass is 9.95. The molecule has 1 amide bonds. The number of nitrogens with one attached hydrogen (secondary N) is 1. The van der Waals surface area contributed by atoms with Gasteiger partial charge in [0, 0.05) is 24.2 Å². The van der Waals surface area contributed by atoms with Crippen LogP contribution in [0.3, 0.4) is 0 Å². The van der Waals surface area contributed by atoms with Gasteiger partial charge in [-0.15, -0.1) is 0 Å². The molecule has 31 heavy (non-hydrogen) atoms. The van der Waals surface area contributed by atoms with Crippen molar-refractivity contribution in [3.8, 4) is 16.9 Å². The first kappa shape index (κ1) is 22.9. The number of rotatable bonds is 5. The highest BCUT2D eigenvalue weighted by Crippen LogP contribution is 2.44. The van der Waals surface area contributed by atoms with Crippen LogP contribution >= 0.6 is 0 Å². The van der Waals surface area contributed by atoms with Crippen LogP contribution in [0.5, 0.6) is 5.75 Å². The summed E-state index contributed by atoms with van der Waals surface area (Å²) in [5.41, 5.74) is 2.66. The van der Waals surface area contributed by atoms with E-state index in [9.17, 15) is 4.79 Å². The number of nitrogens with zero attached hydrogens (tertiary/aromatic N) is 2. The van der Waals surface area contributed by atoms with Crippen LogP contribution in [0.15, 0.2) is 42.6 Å². The maximum absolute atomic E-state index is 11.8. The fourth-order valence-corrected chi connectivity index (χ4v) is 4.45. The number of hydrogen-bond donors (Lipinski definition) is 1. The highest BCUT2D eigenvalue weighted by atomic mass is 28.4. The smallest absolute Gasteiger partial charge is 0.250 e. The zero-order valence-electron chi connectivity index (χ0n) is 19.8. The summed E-state index contributed by atoms with van der Waals surface area (Å²) in [6, 6.07) is 12.2. The van der Waals surface area contributed by atoms with Crippen molar-refractivity contribution in [2.45, 2.75) is 65.7 Å². The van der Waals surface area contributed by atoms with Crippen LogP contribution in [0.25, 0.3) is 21.9 Å². The highest BCUT2D eigenvalue weighted by molar-refractivity contribution is 6.74. The minimum absolute atomic E-state index is 0.0615. The van der Waals surface area contributed by atoms with Crippen molar-refractivity contribution in [1.82, 2.24) is 15.3 Å². The van der Waals surface area contributed by atoms with E-state index in [1.54, 1.807) is 0 Å². The van der Waals surface area contributed by atoms with Gasteiger partial charge in [-0.3, -0.25) is 4.79 Å². The molecule has 0 aliphatic rings. The first-order valence-electron chi connectivity index (χ1n) is 10.7. The van der Waals surface area contributed by atoms with Crippen LogP contribution in [-0.4, -0.2) is 24.2 Å². The van der Waals surface area contributed by atoms with Crippen molar-refractivity contribution in [1.29, 1.82) is 0 Å². The van der Waals surface area contributed by atoms with Gasteiger partial charge in [0.25, 0.3) is 8.32 Å². The van der Waals surface area contributed by atoms with Crippen molar-refractivity contribution in [2.75, 3.05) is 0 Å². The number of benzene rings is 2. The largest absolute Gasteiger partial charge is 0.543 e. The summed E-state index contributed by atoms with van der Waals surface area (Å²) in [5, 5.41) is 5.25. The second kappa shape index (κ2) is 8.42. The quantitative estimate of drug-likeness (QED) is 0.486. The minimum Gasteiger partial charge on any atom is -0.543 e. The lowest BCUT2D eigenvalue weighted by Gasteiger charge is -2.37. The van der Waals surface area contributed by atoms with Crippen molar-refractivity contribution < 1.29 is 9.22 Å². The fraction of sp³-hybridized carbons (Fsp3) is 0.400. The van der Waals surface area contributed by atoms with Crippen LogP contribution in [-0.2, 0) is 4.79 Å². The van der Waals surface area contributed by atoms with Gasteiger partial charge in [0.15, 0.2) is 0 Å². The lowest BCUT2D eigenvalue weighted by Crippen LogP contribution is -2.44. The zero-order chi connectivity index (χ0) is 23.0. The van der Waals surface area contributed by atoms with Crippen LogP contribution in [0, 0.1) is 6.92 Å².